The molecule has 0 aromatic carbocycles. The quantitative estimate of drug-likeness (QED) is 0.817. The summed E-state index contributed by atoms with van der Waals surface area (Å²) < 4.78 is 5.13. The summed E-state index contributed by atoms with van der Waals surface area (Å²) in [5.74, 6) is 0. The number of nitrogens with two attached hydrogens (primary N) is 1. The molecule has 0 aliphatic carbocycles. The molecule has 0 saturated carbocycles. The van der Waals surface area contributed by atoms with E-state index in [2.05, 4.69) is 22.0 Å². The first-order chi connectivity index (χ1) is 7.83. The molecule has 1 aromatic rings. The lowest BCUT2D eigenvalue weighted by Gasteiger charge is -2.26. The van der Waals surface area contributed by atoms with Crippen LogP contribution in [0, 0.1) is 0 Å². The van der Waals surface area contributed by atoms with E-state index < -0.39 is 0 Å². The maximum atomic E-state index is 6.17. The van der Waals surface area contributed by atoms with E-state index in [1.807, 2.05) is 12.4 Å². The van der Waals surface area contributed by atoms with Gasteiger partial charge in [-0.3, -0.25) is 9.88 Å². The topological polar surface area (TPSA) is 51.4 Å². The standard InChI is InChI=1S/C12H19N3O/c1-16-9-8-15-7-4-11(13)12(15)10-2-5-14-6-3-10/h2-3,5-6,11-12H,4,7-9,13H2,1H3. The van der Waals surface area contributed by atoms with Crippen molar-refractivity contribution in [3.63, 3.8) is 0 Å². The highest BCUT2D eigenvalue weighted by Gasteiger charge is 2.32. The fourth-order valence-electron chi connectivity index (χ4n) is 2.36. The number of hydrogen-bond acceptors (Lipinski definition) is 4. The zero-order chi connectivity index (χ0) is 11.4. The number of rotatable bonds is 4. The van der Waals surface area contributed by atoms with Crippen LogP contribution in [0.4, 0.5) is 0 Å². The average molecular weight is 221 g/mol. The largest absolute Gasteiger partial charge is 0.383 e. The van der Waals surface area contributed by atoms with Crippen LogP contribution in [0.5, 0.6) is 0 Å². The van der Waals surface area contributed by atoms with Crippen molar-refractivity contribution >= 4 is 0 Å². The first-order valence-electron chi connectivity index (χ1n) is 5.71. The van der Waals surface area contributed by atoms with Crippen LogP contribution in [0.1, 0.15) is 18.0 Å². The van der Waals surface area contributed by atoms with Gasteiger partial charge in [0.05, 0.1) is 12.6 Å². The minimum atomic E-state index is 0.222. The van der Waals surface area contributed by atoms with Crippen molar-refractivity contribution in [1.82, 2.24) is 9.88 Å². The van der Waals surface area contributed by atoms with Crippen molar-refractivity contribution in [2.75, 3.05) is 26.8 Å². The Hall–Kier alpha value is -0.970. The average Bonchev–Trinajstić information content (AvgIpc) is 2.69. The van der Waals surface area contributed by atoms with Crippen LogP contribution in [0.2, 0.25) is 0 Å². The van der Waals surface area contributed by atoms with Crippen LogP contribution in [0.15, 0.2) is 24.5 Å². The minimum absolute atomic E-state index is 0.222. The molecule has 16 heavy (non-hydrogen) atoms. The number of pyridine rings is 1. The first-order valence-corrected chi connectivity index (χ1v) is 5.71. The summed E-state index contributed by atoms with van der Waals surface area (Å²) in [5.41, 5.74) is 7.43. The Kier molecular flexibility index (Phi) is 3.88. The van der Waals surface area contributed by atoms with E-state index in [1.165, 1.54) is 5.56 Å². The number of hydrogen-bond donors (Lipinski definition) is 1. The van der Waals surface area contributed by atoms with E-state index in [9.17, 15) is 0 Å². The van der Waals surface area contributed by atoms with Gasteiger partial charge in [0.25, 0.3) is 0 Å². The lowest BCUT2D eigenvalue weighted by Crippen LogP contribution is -2.33. The van der Waals surface area contributed by atoms with Crippen LogP contribution >= 0.6 is 0 Å². The number of aromatic nitrogens is 1. The van der Waals surface area contributed by atoms with Gasteiger partial charge in [0, 0.05) is 38.6 Å². The Balaban J connectivity index is 2.10. The van der Waals surface area contributed by atoms with Gasteiger partial charge < -0.3 is 10.5 Å². The van der Waals surface area contributed by atoms with E-state index in [0.29, 0.717) is 6.04 Å². The Bertz CT molecular complexity index is 317. The third kappa shape index (κ3) is 2.40. The molecule has 2 rings (SSSR count). The van der Waals surface area contributed by atoms with E-state index in [-0.39, 0.29) is 6.04 Å². The summed E-state index contributed by atoms with van der Waals surface area (Å²) in [6, 6.07) is 4.64. The molecule has 0 radical (unpaired) electrons. The van der Waals surface area contributed by atoms with E-state index in [1.54, 1.807) is 7.11 Å². The molecule has 2 heterocycles. The van der Waals surface area contributed by atoms with Crippen molar-refractivity contribution in [2.24, 2.45) is 5.73 Å². The van der Waals surface area contributed by atoms with Gasteiger partial charge in [-0.15, -0.1) is 0 Å². The molecule has 1 aromatic heterocycles. The molecule has 1 saturated heterocycles. The number of likely N-dealkylation sites (tertiary alicyclic amines) is 1. The zero-order valence-electron chi connectivity index (χ0n) is 9.67. The SMILES string of the molecule is COCCN1CCC(N)C1c1ccncc1. The molecule has 1 aliphatic heterocycles. The van der Waals surface area contributed by atoms with Crippen LogP contribution in [-0.4, -0.2) is 42.7 Å². The summed E-state index contributed by atoms with van der Waals surface area (Å²) in [5, 5.41) is 0. The molecule has 2 N–H and O–H groups in total. The van der Waals surface area contributed by atoms with Crippen LogP contribution < -0.4 is 5.73 Å². The summed E-state index contributed by atoms with van der Waals surface area (Å²) in [4.78, 5) is 6.44. The van der Waals surface area contributed by atoms with Crippen molar-refractivity contribution in [3.05, 3.63) is 30.1 Å². The van der Waals surface area contributed by atoms with Gasteiger partial charge in [0.1, 0.15) is 0 Å². The molecule has 0 bridgehead atoms. The highest BCUT2D eigenvalue weighted by Crippen LogP contribution is 2.30. The molecule has 4 nitrogen and oxygen atoms in total. The monoisotopic (exact) mass is 221 g/mol. The number of ether oxygens (including phenoxy) is 1. The summed E-state index contributed by atoms with van der Waals surface area (Å²) >= 11 is 0. The highest BCUT2D eigenvalue weighted by molar-refractivity contribution is 5.19. The molecular formula is C12H19N3O. The maximum absolute atomic E-state index is 6.17. The van der Waals surface area contributed by atoms with Crippen molar-refractivity contribution in [1.29, 1.82) is 0 Å². The van der Waals surface area contributed by atoms with Crippen LogP contribution in [0.25, 0.3) is 0 Å². The molecule has 4 heteroatoms. The molecule has 2 atom stereocenters. The summed E-state index contributed by atoms with van der Waals surface area (Å²) in [6.45, 7) is 2.75. The Morgan fingerprint density at radius 1 is 1.50 bits per heavy atom. The molecule has 88 valence electrons. The molecule has 0 spiro atoms. The lowest BCUT2D eigenvalue weighted by molar-refractivity contribution is 0.139. The van der Waals surface area contributed by atoms with Gasteiger partial charge in [-0.2, -0.15) is 0 Å². The Labute approximate surface area is 96.4 Å². The smallest absolute Gasteiger partial charge is 0.0589 e. The van der Waals surface area contributed by atoms with Crippen LogP contribution in [0.3, 0.4) is 0 Å². The van der Waals surface area contributed by atoms with E-state index in [4.69, 9.17) is 10.5 Å². The van der Waals surface area contributed by atoms with Gasteiger partial charge in [-0.25, -0.2) is 0 Å². The number of nitrogens with zero attached hydrogens (tertiary/aromatic N) is 2. The van der Waals surface area contributed by atoms with Crippen LogP contribution in [-0.2, 0) is 4.74 Å². The van der Waals surface area contributed by atoms with E-state index in [0.717, 1.165) is 26.1 Å². The third-order valence-electron chi connectivity index (χ3n) is 3.18. The second-order valence-electron chi connectivity index (χ2n) is 4.21. The van der Waals surface area contributed by atoms with Crippen molar-refractivity contribution in [3.8, 4) is 0 Å². The third-order valence-corrected chi connectivity index (χ3v) is 3.18. The normalized spacial score (nSPS) is 26.1. The number of methoxy groups -OCH3 is 1. The molecule has 1 fully saturated rings. The lowest BCUT2D eigenvalue weighted by atomic mass is 10.0. The fraction of sp³-hybridized carbons (Fsp3) is 0.583. The molecule has 2 unspecified atom stereocenters. The second-order valence-corrected chi connectivity index (χ2v) is 4.21. The van der Waals surface area contributed by atoms with Gasteiger partial charge >= 0.3 is 0 Å². The molecular weight excluding hydrogens is 202 g/mol. The summed E-state index contributed by atoms with van der Waals surface area (Å²) in [7, 11) is 1.73. The Morgan fingerprint density at radius 2 is 2.25 bits per heavy atom. The van der Waals surface area contributed by atoms with Gasteiger partial charge in [-0.1, -0.05) is 0 Å². The van der Waals surface area contributed by atoms with E-state index >= 15 is 0 Å². The first kappa shape index (κ1) is 11.5. The fourth-order valence-corrected chi connectivity index (χ4v) is 2.36. The predicted octanol–water partition coefficient (Wildman–Crippen LogP) is 0.802. The molecule has 1 aliphatic rings. The van der Waals surface area contributed by atoms with Crippen molar-refractivity contribution in [2.45, 2.75) is 18.5 Å². The zero-order valence-corrected chi connectivity index (χ0v) is 9.67. The predicted molar refractivity (Wildman–Crippen MR) is 63.0 cm³/mol. The van der Waals surface area contributed by atoms with Crippen molar-refractivity contribution < 1.29 is 4.74 Å². The highest BCUT2D eigenvalue weighted by atomic mass is 16.5. The minimum Gasteiger partial charge on any atom is -0.383 e. The summed E-state index contributed by atoms with van der Waals surface area (Å²) in [6.07, 6.45) is 4.71. The van der Waals surface area contributed by atoms with Gasteiger partial charge in [0.15, 0.2) is 0 Å². The van der Waals surface area contributed by atoms with Gasteiger partial charge in [0.2, 0.25) is 0 Å². The maximum Gasteiger partial charge on any atom is 0.0589 e. The molecule has 0 amide bonds. The Morgan fingerprint density at radius 3 is 2.94 bits per heavy atom. The second kappa shape index (κ2) is 5.39. The van der Waals surface area contributed by atoms with Gasteiger partial charge in [-0.05, 0) is 24.1 Å².